The molecule has 0 amide bonds. The normalized spacial score (nSPS) is 17.6. The van der Waals surface area contributed by atoms with Crippen LogP contribution in [-0.2, 0) is 16.1 Å². The summed E-state index contributed by atoms with van der Waals surface area (Å²) in [6.07, 6.45) is 2.22. The second-order valence-electron chi connectivity index (χ2n) is 8.05. The Kier molecular flexibility index (Phi) is 8.39. The van der Waals surface area contributed by atoms with Crippen LogP contribution in [0.3, 0.4) is 0 Å². The molecule has 9 nitrogen and oxygen atoms in total. The SMILES string of the molecule is CC1(C)CC(NCc2ccc3[nH]c(=O)[nH]c3c2)CC(C)(C)N1.O=CO.O=CO. The Balaban J connectivity index is 0.000000582. The molecule has 28 heavy (non-hydrogen) atoms. The fraction of sp³-hybridized carbons (Fsp3) is 0.526. The molecular weight excluding hydrogens is 364 g/mol. The van der Waals surface area contributed by atoms with Gasteiger partial charge in [-0.25, -0.2) is 4.79 Å². The number of carbonyl (C=O) groups is 2. The summed E-state index contributed by atoms with van der Waals surface area (Å²) in [5.41, 5.74) is 3.07. The standard InChI is InChI=1S/C17H26N4O.2CH2O2/c1-16(2)8-12(9-17(3,4)21-16)18-10-11-5-6-13-14(7-11)20-15(22)19-13;2*2-1-3/h5-7,12,18,21H,8-10H2,1-4H3,(H2,19,20,22);2*1H,(H,2,3). The molecule has 1 fully saturated rings. The minimum Gasteiger partial charge on any atom is -0.483 e. The number of H-pyrrole nitrogens is 2. The first kappa shape index (κ1) is 23.4. The summed E-state index contributed by atoms with van der Waals surface area (Å²) in [6.45, 7) is 9.37. The number of aromatic nitrogens is 2. The number of aromatic amines is 2. The van der Waals surface area contributed by atoms with Gasteiger partial charge in [-0.05, 0) is 58.2 Å². The van der Waals surface area contributed by atoms with Crippen LogP contribution in [0.1, 0.15) is 46.1 Å². The summed E-state index contributed by atoms with van der Waals surface area (Å²) in [6, 6.07) is 6.56. The van der Waals surface area contributed by atoms with Crippen molar-refractivity contribution in [3.63, 3.8) is 0 Å². The highest BCUT2D eigenvalue weighted by molar-refractivity contribution is 5.74. The third-order valence-electron chi connectivity index (χ3n) is 4.37. The highest BCUT2D eigenvalue weighted by Gasteiger charge is 2.37. The number of hydrogen-bond acceptors (Lipinski definition) is 5. The summed E-state index contributed by atoms with van der Waals surface area (Å²) >= 11 is 0. The van der Waals surface area contributed by atoms with Crippen LogP contribution in [-0.4, -0.2) is 50.2 Å². The molecule has 0 saturated carbocycles. The molecule has 0 bridgehead atoms. The molecule has 9 heteroatoms. The van der Waals surface area contributed by atoms with Crippen molar-refractivity contribution in [2.45, 2.75) is 64.2 Å². The molecule has 156 valence electrons. The minimum atomic E-state index is -0.250. The topological polar surface area (TPSA) is 147 Å². The zero-order chi connectivity index (χ0) is 21.4. The van der Waals surface area contributed by atoms with Gasteiger partial charge in [-0.15, -0.1) is 0 Å². The van der Waals surface area contributed by atoms with E-state index in [9.17, 15) is 4.79 Å². The second-order valence-corrected chi connectivity index (χ2v) is 8.05. The zero-order valence-electron chi connectivity index (χ0n) is 16.7. The van der Waals surface area contributed by atoms with E-state index in [1.54, 1.807) is 0 Å². The largest absolute Gasteiger partial charge is 0.483 e. The van der Waals surface area contributed by atoms with E-state index in [-0.39, 0.29) is 29.7 Å². The molecule has 0 radical (unpaired) electrons. The van der Waals surface area contributed by atoms with Crippen molar-refractivity contribution in [3.8, 4) is 0 Å². The lowest BCUT2D eigenvalue weighted by molar-refractivity contribution is -0.123. The van der Waals surface area contributed by atoms with Crippen molar-refractivity contribution in [2.75, 3.05) is 0 Å². The molecule has 1 aromatic heterocycles. The number of nitrogens with one attached hydrogen (secondary N) is 4. The number of fused-ring (bicyclic) bond motifs is 1. The number of imidazole rings is 1. The highest BCUT2D eigenvalue weighted by atomic mass is 16.3. The average Bonchev–Trinajstić information content (AvgIpc) is 2.91. The number of benzene rings is 1. The molecule has 3 rings (SSSR count). The van der Waals surface area contributed by atoms with Crippen LogP contribution >= 0.6 is 0 Å². The molecule has 2 aromatic rings. The minimum absolute atomic E-state index is 0.148. The van der Waals surface area contributed by atoms with Gasteiger partial charge in [0, 0.05) is 23.7 Å². The quantitative estimate of drug-likeness (QED) is 0.434. The maximum atomic E-state index is 11.3. The smallest absolute Gasteiger partial charge is 0.323 e. The van der Waals surface area contributed by atoms with Gasteiger partial charge in [-0.3, -0.25) is 9.59 Å². The van der Waals surface area contributed by atoms with Gasteiger partial charge in [-0.2, -0.15) is 0 Å². The number of rotatable bonds is 3. The van der Waals surface area contributed by atoms with Crippen molar-refractivity contribution in [2.24, 2.45) is 0 Å². The van der Waals surface area contributed by atoms with Gasteiger partial charge in [0.2, 0.25) is 0 Å². The van der Waals surface area contributed by atoms with E-state index >= 15 is 0 Å². The maximum absolute atomic E-state index is 11.3. The summed E-state index contributed by atoms with van der Waals surface area (Å²) in [7, 11) is 0. The summed E-state index contributed by atoms with van der Waals surface area (Å²) < 4.78 is 0. The first-order chi connectivity index (χ1) is 13.1. The predicted octanol–water partition coefficient (Wildman–Crippen LogP) is 1.66. The molecule has 1 aromatic carbocycles. The number of piperidine rings is 1. The Hall–Kier alpha value is -2.65. The summed E-state index contributed by atoms with van der Waals surface area (Å²) in [4.78, 5) is 33.6. The van der Waals surface area contributed by atoms with E-state index in [1.165, 1.54) is 5.56 Å². The Morgan fingerprint density at radius 1 is 1.04 bits per heavy atom. The Morgan fingerprint density at radius 2 is 1.54 bits per heavy atom. The molecule has 1 aliphatic rings. The van der Waals surface area contributed by atoms with Crippen molar-refractivity contribution in [1.82, 2.24) is 20.6 Å². The van der Waals surface area contributed by atoms with Gasteiger partial charge in [0.15, 0.2) is 0 Å². The lowest BCUT2D eigenvalue weighted by atomic mass is 9.79. The van der Waals surface area contributed by atoms with Crippen LogP contribution in [0.5, 0.6) is 0 Å². The van der Waals surface area contributed by atoms with E-state index < -0.39 is 0 Å². The number of carboxylic acid groups (broad SMARTS) is 2. The van der Waals surface area contributed by atoms with Gasteiger partial charge in [0.05, 0.1) is 11.0 Å². The fourth-order valence-corrected chi connectivity index (χ4v) is 3.92. The van der Waals surface area contributed by atoms with Crippen LogP contribution in [0.25, 0.3) is 11.0 Å². The van der Waals surface area contributed by atoms with Crippen molar-refractivity contribution in [1.29, 1.82) is 0 Å². The molecular formula is C19H30N4O5. The van der Waals surface area contributed by atoms with Crippen molar-refractivity contribution < 1.29 is 19.8 Å². The van der Waals surface area contributed by atoms with Crippen molar-refractivity contribution in [3.05, 3.63) is 34.2 Å². The molecule has 0 spiro atoms. The monoisotopic (exact) mass is 394 g/mol. The van der Waals surface area contributed by atoms with E-state index in [0.29, 0.717) is 6.04 Å². The Morgan fingerprint density at radius 3 is 2.07 bits per heavy atom. The van der Waals surface area contributed by atoms with Crippen molar-refractivity contribution >= 4 is 24.0 Å². The van der Waals surface area contributed by atoms with Gasteiger partial charge >= 0.3 is 5.69 Å². The van der Waals surface area contributed by atoms with Crippen LogP contribution in [0.15, 0.2) is 23.0 Å². The lowest BCUT2D eigenvalue weighted by Gasteiger charge is -2.46. The van der Waals surface area contributed by atoms with E-state index in [1.807, 2.05) is 12.1 Å². The van der Waals surface area contributed by atoms with Crippen LogP contribution in [0, 0.1) is 0 Å². The molecule has 2 heterocycles. The Bertz CT molecular complexity index is 803. The highest BCUT2D eigenvalue weighted by Crippen LogP contribution is 2.28. The van der Waals surface area contributed by atoms with Crippen LogP contribution in [0.2, 0.25) is 0 Å². The van der Waals surface area contributed by atoms with Crippen LogP contribution < -0.4 is 16.3 Å². The van der Waals surface area contributed by atoms with E-state index in [0.717, 1.165) is 30.4 Å². The molecule has 0 aliphatic carbocycles. The third-order valence-corrected chi connectivity index (χ3v) is 4.37. The molecule has 0 atom stereocenters. The first-order valence-corrected chi connectivity index (χ1v) is 8.95. The predicted molar refractivity (Wildman–Crippen MR) is 107 cm³/mol. The number of hydrogen-bond donors (Lipinski definition) is 6. The fourth-order valence-electron chi connectivity index (χ4n) is 3.92. The summed E-state index contributed by atoms with van der Waals surface area (Å²) in [5, 5.41) is 21.2. The lowest BCUT2D eigenvalue weighted by Crippen LogP contribution is -2.61. The molecule has 6 N–H and O–H groups in total. The third kappa shape index (κ3) is 7.53. The van der Waals surface area contributed by atoms with Gasteiger partial charge in [0.25, 0.3) is 12.9 Å². The van der Waals surface area contributed by atoms with Crippen LogP contribution in [0.4, 0.5) is 0 Å². The Labute approximate surface area is 163 Å². The summed E-state index contributed by atoms with van der Waals surface area (Å²) in [5.74, 6) is 0. The van der Waals surface area contributed by atoms with Gasteiger partial charge in [-0.1, -0.05) is 6.07 Å². The maximum Gasteiger partial charge on any atom is 0.323 e. The van der Waals surface area contributed by atoms with Gasteiger partial charge < -0.3 is 30.8 Å². The van der Waals surface area contributed by atoms with E-state index in [4.69, 9.17) is 19.8 Å². The zero-order valence-corrected chi connectivity index (χ0v) is 16.7. The second kappa shape index (κ2) is 10.0. The molecule has 1 aliphatic heterocycles. The molecule has 0 unspecified atom stereocenters. The average molecular weight is 394 g/mol. The molecule has 1 saturated heterocycles. The van der Waals surface area contributed by atoms with E-state index in [2.05, 4.69) is 54.4 Å². The first-order valence-electron chi connectivity index (χ1n) is 8.95. The van der Waals surface area contributed by atoms with Gasteiger partial charge in [0.1, 0.15) is 0 Å².